The summed E-state index contributed by atoms with van der Waals surface area (Å²) in [6.45, 7) is 5.06. The SMILES string of the molecule is Cc1ccc(C(=O)[C@H](C)OC(=O)[C@@H]2CC(=O)N(c3ccc(C)c([N+](=O)[O-])c3)C2)cc1. The first-order valence-corrected chi connectivity index (χ1v) is 9.54. The van der Waals surface area contributed by atoms with Crippen molar-refractivity contribution in [3.63, 3.8) is 0 Å². The fraction of sp³-hybridized carbons (Fsp3) is 0.318. The van der Waals surface area contributed by atoms with E-state index in [0.717, 1.165) is 5.56 Å². The molecule has 0 unspecified atom stereocenters. The number of carbonyl (C=O) groups excluding carboxylic acids is 3. The van der Waals surface area contributed by atoms with Crippen molar-refractivity contribution in [2.75, 3.05) is 11.4 Å². The summed E-state index contributed by atoms with van der Waals surface area (Å²) in [5, 5.41) is 11.2. The minimum Gasteiger partial charge on any atom is -0.454 e. The zero-order chi connectivity index (χ0) is 22.0. The van der Waals surface area contributed by atoms with E-state index in [-0.39, 0.29) is 30.3 Å². The quantitative estimate of drug-likeness (QED) is 0.313. The summed E-state index contributed by atoms with van der Waals surface area (Å²) in [5.41, 5.74) is 2.20. The van der Waals surface area contributed by atoms with Crippen LogP contribution in [0.4, 0.5) is 11.4 Å². The summed E-state index contributed by atoms with van der Waals surface area (Å²) in [7, 11) is 0. The van der Waals surface area contributed by atoms with Gasteiger partial charge in [-0.15, -0.1) is 0 Å². The minimum atomic E-state index is -0.982. The number of nitro groups is 1. The molecule has 1 heterocycles. The van der Waals surface area contributed by atoms with Crippen LogP contribution in [0.15, 0.2) is 42.5 Å². The highest BCUT2D eigenvalue weighted by atomic mass is 16.6. The number of hydrogen-bond acceptors (Lipinski definition) is 6. The van der Waals surface area contributed by atoms with Gasteiger partial charge in [-0.05, 0) is 26.8 Å². The molecule has 1 aliphatic heterocycles. The van der Waals surface area contributed by atoms with Crippen LogP contribution in [0, 0.1) is 29.9 Å². The van der Waals surface area contributed by atoms with E-state index < -0.39 is 22.9 Å². The maximum Gasteiger partial charge on any atom is 0.312 e. The first kappa shape index (κ1) is 21.2. The van der Waals surface area contributed by atoms with Gasteiger partial charge in [0.05, 0.1) is 16.5 Å². The summed E-state index contributed by atoms with van der Waals surface area (Å²) >= 11 is 0. The second kappa shape index (κ2) is 8.44. The number of benzene rings is 2. The first-order valence-electron chi connectivity index (χ1n) is 9.54. The molecular formula is C22H22N2O6. The zero-order valence-corrected chi connectivity index (χ0v) is 17.0. The maximum atomic E-state index is 12.5. The lowest BCUT2D eigenvalue weighted by molar-refractivity contribution is -0.385. The zero-order valence-electron chi connectivity index (χ0n) is 17.0. The van der Waals surface area contributed by atoms with Crippen molar-refractivity contribution in [3.05, 3.63) is 69.3 Å². The van der Waals surface area contributed by atoms with Crippen LogP contribution in [-0.4, -0.2) is 35.2 Å². The number of anilines is 1. The average molecular weight is 410 g/mol. The van der Waals surface area contributed by atoms with Crippen LogP contribution in [0.5, 0.6) is 0 Å². The number of ketones is 1. The Bertz CT molecular complexity index is 1010. The van der Waals surface area contributed by atoms with Crippen LogP contribution < -0.4 is 4.90 Å². The van der Waals surface area contributed by atoms with E-state index in [2.05, 4.69) is 0 Å². The molecule has 0 aliphatic carbocycles. The molecule has 1 aliphatic rings. The number of nitrogens with zero attached hydrogens (tertiary/aromatic N) is 2. The standard InChI is InChI=1S/C22H22N2O6/c1-13-4-7-16(8-5-13)21(26)15(3)30-22(27)17-10-20(25)23(12-17)18-9-6-14(2)19(11-18)24(28)29/h4-9,11,15,17H,10,12H2,1-3H3/t15-,17+/m0/s1. The Labute approximate surface area is 173 Å². The maximum absolute atomic E-state index is 12.5. The fourth-order valence-corrected chi connectivity index (χ4v) is 3.35. The van der Waals surface area contributed by atoms with Gasteiger partial charge in [0.15, 0.2) is 6.10 Å². The van der Waals surface area contributed by atoms with E-state index in [9.17, 15) is 24.5 Å². The Morgan fingerprint density at radius 2 is 1.83 bits per heavy atom. The number of esters is 1. The third-order valence-electron chi connectivity index (χ3n) is 5.16. The van der Waals surface area contributed by atoms with Gasteiger partial charge in [0.25, 0.3) is 5.69 Å². The van der Waals surface area contributed by atoms with Crippen LogP contribution >= 0.6 is 0 Å². The number of amides is 1. The molecule has 8 nitrogen and oxygen atoms in total. The first-order chi connectivity index (χ1) is 14.2. The lowest BCUT2D eigenvalue weighted by atomic mass is 10.1. The monoisotopic (exact) mass is 410 g/mol. The number of aryl methyl sites for hydroxylation is 2. The third kappa shape index (κ3) is 4.37. The summed E-state index contributed by atoms with van der Waals surface area (Å²) in [5.74, 6) is -2.03. The molecule has 8 heteroatoms. The second-order valence-electron chi connectivity index (χ2n) is 7.44. The Morgan fingerprint density at radius 1 is 1.17 bits per heavy atom. The lowest BCUT2D eigenvalue weighted by Crippen LogP contribution is -2.30. The molecule has 0 radical (unpaired) electrons. The van der Waals surface area contributed by atoms with E-state index in [1.165, 1.54) is 17.9 Å². The van der Waals surface area contributed by atoms with Crippen LogP contribution in [0.25, 0.3) is 0 Å². The molecule has 0 bridgehead atoms. The van der Waals surface area contributed by atoms with E-state index in [4.69, 9.17) is 4.74 Å². The Hall–Kier alpha value is -3.55. The van der Waals surface area contributed by atoms with E-state index in [1.54, 1.807) is 43.3 Å². The van der Waals surface area contributed by atoms with E-state index >= 15 is 0 Å². The molecule has 0 spiro atoms. The number of carbonyl (C=O) groups is 3. The van der Waals surface area contributed by atoms with Crippen molar-refractivity contribution in [2.24, 2.45) is 5.92 Å². The van der Waals surface area contributed by atoms with Crippen molar-refractivity contribution >= 4 is 29.0 Å². The average Bonchev–Trinajstić information content (AvgIpc) is 3.10. The third-order valence-corrected chi connectivity index (χ3v) is 5.16. The van der Waals surface area contributed by atoms with Crippen molar-refractivity contribution in [1.29, 1.82) is 0 Å². The summed E-state index contributed by atoms with van der Waals surface area (Å²) in [6.07, 6.45) is -1.06. The molecule has 2 atom stereocenters. The normalized spacial score (nSPS) is 17.0. The molecular weight excluding hydrogens is 388 g/mol. The topological polar surface area (TPSA) is 107 Å². The van der Waals surface area contributed by atoms with Crippen molar-refractivity contribution in [1.82, 2.24) is 0 Å². The molecule has 2 aromatic rings. The molecule has 30 heavy (non-hydrogen) atoms. The molecule has 2 aromatic carbocycles. The van der Waals surface area contributed by atoms with Gasteiger partial charge in [-0.3, -0.25) is 24.5 Å². The van der Waals surface area contributed by atoms with Gasteiger partial charge in [0, 0.05) is 30.2 Å². The Kier molecular flexibility index (Phi) is 5.96. The predicted octanol–water partition coefficient (Wildman–Crippen LogP) is 3.38. The second-order valence-corrected chi connectivity index (χ2v) is 7.44. The predicted molar refractivity (Wildman–Crippen MR) is 109 cm³/mol. The summed E-state index contributed by atoms with van der Waals surface area (Å²) < 4.78 is 5.32. The molecule has 156 valence electrons. The molecule has 1 amide bonds. The van der Waals surface area contributed by atoms with E-state index in [1.807, 2.05) is 6.92 Å². The van der Waals surface area contributed by atoms with Crippen LogP contribution in [-0.2, 0) is 14.3 Å². The van der Waals surface area contributed by atoms with Gasteiger partial charge in [-0.1, -0.05) is 35.9 Å². The largest absolute Gasteiger partial charge is 0.454 e. The van der Waals surface area contributed by atoms with Crippen LogP contribution in [0.3, 0.4) is 0 Å². The number of hydrogen-bond donors (Lipinski definition) is 0. The highest BCUT2D eigenvalue weighted by Crippen LogP contribution is 2.30. The van der Waals surface area contributed by atoms with Gasteiger partial charge in [-0.25, -0.2) is 0 Å². The highest BCUT2D eigenvalue weighted by Gasteiger charge is 2.38. The van der Waals surface area contributed by atoms with Crippen LogP contribution in [0.2, 0.25) is 0 Å². The van der Waals surface area contributed by atoms with Gasteiger partial charge >= 0.3 is 5.97 Å². The molecule has 1 saturated heterocycles. The number of nitro benzene ring substituents is 1. The number of ether oxygens (including phenoxy) is 1. The number of Topliss-reactive ketones (excluding diaryl/α,β-unsaturated/α-hetero) is 1. The van der Waals surface area contributed by atoms with Gasteiger partial charge in [0.1, 0.15) is 0 Å². The Morgan fingerprint density at radius 3 is 2.47 bits per heavy atom. The summed E-state index contributed by atoms with van der Waals surface area (Å²) in [6, 6.07) is 11.4. The van der Waals surface area contributed by atoms with Gasteiger partial charge < -0.3 is 9.64 Å². The highest BCUT2D eigenvalue weighted by molar-refractivity contribution is 6.02. The van der Waals surface area contributed by atoms with Gasteiger partial charge in [-0.2, -0.15) is 0 Å². The van der Waals surface area contributed by atoms with Crippen molar-refractivity contribution < 1.29 is 24.0 Å². The summed E-state index contributed by atoms with van der Waals surface area (Å²) in [4.78, 5) is 49.4. The smallest absolute Gasteiger partial charge is 0.312 e. The molecule has 3 rings (SSSR count). The molecule has 0 aromatic heterocycles. The van der Waals surface area contributed by atoms with Crippen LogP contribution in [0.1, 0.15) is 34.8 Å². The molecule has 1 fully saturated rings. The van der Waals surface area contributed by atoms with Gasteiger partial charge in [0.2, 0.25) is 11.7 Å². The van der Waals surface area contributed by atoms with E-state index in [0.29, 0.717) is 16.8 Å². The Balaban J connectivity index is 1.68. The lowest BCUT2D eigenvalue weighted by Gasteiger charge is -2.18. The fourth-order valence-electron chi connectivity index (χ4n) is 3.35. The number of rotatable bonds is 6. The van der Waals surface area contributed by atoms with Crippen molar-refractivity contribution in [3.8, 4) is 0 Å². The molecule has 0 N–H and O–H groups in total. The van der Waals surface area contributed by atoms with Crippen molar-refractivity contribution in [2.45, 2.75) is 33.3 Å². The minimum absolute atomic E-state index is 0.0450. The molecule has 0 saturated carbocycles.